The van der Waals surface area contributed by atoms with Crippen molar-refractivity contribution in [3.8, 4) is 5.75 Å². The first-order valence-electron chi connectivity index (χ1n) is 12.1. The standard InChI is InChI=1S/C30H30N2O4S/c1-3-36-27-19-17-26(18-20-27)32(37(34,35)28-15-8-5-9-16-28)22-29(33)31-30(24-12-6-4-7-13-24)25-14-10-11-23(2)21-25/h4-21,30H,3,22H2,1-2H3,(H,31,33). The van der Waals surface area contributed by atoms with Crippen LogP contribution in [-0.2, 0) is 14.8 Å². The fourth-order valence-electron chi connectivity index (χ4n) is 4.10. The van der Waals surface area contributed by atoms with Crippen LogP contribution >= 0.6 is 0 Å². The van der Waals surface area contributed by atoms with Crippen LogP contribution in [0.4, 0.5) is 5.69 Å². The molecule has 190 valence electrons. The minimum atomic E-state index is -4.01. The molecule has 0 radical (unpaired) electrons. The van der Waals surface area contributed by atoms with E-state index in [4.69, 9.17) is 4.74 Å². The molecule has 0 bridgehead atoms. The Kier molecular flexibility index (Phi) is 8.25. The number of carbonyl (C=O) groups excluding carboxylic acids is 1. The van der Waals surface area contributed by atoms with Crippen molar-refractivity contribution in [3.05, 3.63) is 126 Å². The van der Waals surface area contributed by atoms with E-state index < -0.39 is 22.0 Å². The molecule has 0 heterocycles. The molecule has 0 aromatic heterocycles. The number of carbonyl (C=O) groups is 1. The maximum absolute atomic E-state index is 13.7. The molecular weight excluding hydrogens is 484 g/mol. The molecule has 4 aromatic carbocycles. The minimum Gasteiger partial charge on any atom is -0.494 e. The number of ether oxygens (including phenoxy) is 1. The van der Waals surface area contributed by atoms with Crippen molar-refractivity contribution in [3.63, 3.8) is 0 Å². The van der Waals surface area contributed by atoms with Crippen molar-refractivity contribution in [2.75, 3.05) is 17.5 Å². The summed E-state index contributed by atoms with van der Waals surface area (Å²) in [5.41, 5.74) is 3.25. The monoisotopic (exact) mass is 514 g/mol. The number of aryl methyl sites for hydroxylation is 1. The van der Waals surface area contributed by atoms with E-state index >= 15 is 0 Å². The molecule has 1 N–H and O–H groups in total. The molecule has 4 aromatic rings. The summed E-state index contributed by atoms with van der Waals surface area (Å²) in [4.78, 5) is 13.6. The molecule has 6 nitrogen and oxygen atoms in total. The Labute approximate surface area is 218 Å². The molecule has 1 atom stereocenters. The van der Waals surface area contributed by atoms with Crippen molar-refractivity contribution in [1.29, 1.82) is 0 Å². The second-order valence-corrected chi connectivity index (χ2v) is 10.4. The predicted octanol–water partition coefficient (Wildman–Crippen LogP) is 5.49. The number of nitrogens with one attached hydrogen (secondary N) is 1. The second-order valence-electron chi connectivity index (χ2n) is 8.58. The molecule has 0 fully saturated rings. The van der Waals surface area contributed by atoms with E-state index in [1.807, 2.05) is 68.4 Å². The lowest BCUT2D eigenvalue weighted by molar-refractivity contribution is -0.120. The summed E-state index contributed by atoms with van der Waals surface area (Å²) in [6, 6.07) is 31.9. The lowest BCUT2D eigenvalue weighted by atomic mass is 9.97. The van der Waals surface area contributed by atoms with Crippen molar-refractivity contribution in [2.45, 2.75) is 24.8 Å². The number of sulfonamides is 1. The van der Waals surface area contributed by atoms with Crippen molar-refractivity contribution in [2.24, 2.45) is 0 Å². The average Bonchev–Trinajstić information content (AvgIpc) is 2.92. The summed E-state index contributed by atoms with van der Waals surface area (Å²) in [6.07, 6.45) is 0. The largest absolute Gasteiger partial charge is 0.494 e. The normalized spacial score (nSPS) is 11.9. The summed E-state index contributed by atoms with van der Waals surface area (Å²) in [5.74, 6) is 0.195. The van der Waals surface area contributed by atoms with E-state index in [0.717, 1.165) is 21.0 Å². The van der Waals surface area contributed by atoms with Crippen LogP contribution in [0.1, 0.15) is 29.7 Å². The van der Waals surface area contributed by atoms with Gasteiger partial charge in [-0.25, -0.2) is 8.42 Å². The Bertz CT molecular complexity index is 1420. The Morgan fingerprint density at radius 2 is 1.46 bits per heavy atom. The van der Waals surface area contributed by atoms with Gasteiger partial charge in [-0.05, 0) is 61.4 Å². The first kappa shape index (κ1) is 26.0. The van der Waals surface area contributed by atoms with E-state index in [0.29, 0.717) is 18.0 Å². The second kappa shape index (κ2) is 11.8. The number of amides is 1. The van der Waals surface area contributed by atoms with Crippen LogP contribution in [0.5, 0.6) is 5.75 Å². The summed E-state index contributed by atoms with van der Waals surface area (Å²) < 4.78 is 34.0. The van der Waals surface area contributed by atoms with Gasteiger partial charge in [0.25, 0.3) is 10.0 Å². The highest BCUT2D eigenvalue weighted by atomic mass is 32.2. The van der Waals surface area contributed by atoms with Gasteiger partial charge in [-0.1, -0.05) is 78.4 Å². The van der Waals surface area contributed by atoms with Gasteiger partial charge in [0.2, 0.25) is 5.91 Å². The Morgan fingerprint density at radius 1 is 0.838 bits per heavy atom. The quantitative estimate of drug-likeness (QED) is 0.303. The molecule has 1 unspecified atom stereocenters. The van der Waals surface area contributed by atoms with Crippen LogP contribution in [0.15, 0.2) is 114 Å². The van der Waals surface area contributed by atoms with Gasteiger partial charge < -0.3 is 10.1 Å². The third-order valence-electron chi connectivity index (χ3n) is 5.87. The first-order valence-corrected chi connectivity index (χ1v) is 13.5. The maximum atomic E-state index is 13.7. The van der Waals surface area contributed by atoms with Crippen LogP contribution < -0.4 is 14.4 Å². The van der Waals surface area contributed by atoms with Crippen molar-refractivity contribution in [1.82, 2.24) is 5.32 Å². The molecule has 4 rings (SSSR count). The molecule has 37 heavy (non-hydrogen) atoms. The van der Waals surface area contributed by atoms with E-state index in [1.165, 1.54) is 12.1 Å². The van der Waals surface area contributed by atoms with Crippen LogP contribution in [0, 0.1) is 6.92 Å². The Hall–Kier alpha value is -4.10. The highest BCUT2D eigenvalue weighted by molar-refractivity contribution is 7.92. The Balaban J connectivity index is 1.67. The van der Waals surface area contributed by atoms with Gasteiger partial charge in [-0.2, -0.15) is 0 Å². The minimum absolute atomic E-state index is 0.106. The van der Waals surface area contributed by atoms with E-state index in [1.54, 1.807) is 42.5 Å². The van der Waals surface area contributed by atoms with Crippen LogP contribution in [0.2, 0.25) is 0 Å². The number of hydrogen-bond acceptors (Lipinski definition) is 4. The fourth-order valence-corrected chi connectivity index (χ4v) is 5.54. The third-order valence-corrected chi connectivity index (χ3v) is 7.66. The lowest BCUT2D eigenvalue weighted by Crippen LogP contribution is -2.42. The van der Waals surface area contributed by atoms with Crippen LogP contribution in [-0.4, -0.2) is 27.5 Å². The zero-order valence-corrected chi connectivity index (χ0v) is 21.7. The first-order chi connectivity index (χ1) is 17.9. The number of anilines is 1. The molecule has 0 aliphatic rings. The van der Waals surface area contributed by atoms with Crippen LogP contribution in [0.25, 0.3) is 0 Å². The van der Waals surface area contributed by atoms with Gasteiger partial charge in [-0.15, -0.1) is 0 Å². The topological polar surface area (TPSA) is 75.7 Å². The molecule has 7 heteroatoms. The van der Waals surface area contributed by atoms with Crippen molar-refractivity contribution >= 4 is 21.6 Å². The molecule has 1 amide bonds. The summed E-state index contributed by atoms with van der Waals surface area (Å²) in [5, 5.41) is 3.06. The van der Waals surface area contributed by atoms with Gasteiger partial charge in [-0.3, -0.25) is 9.10 Å². The summed E-state index contributed by atoms with van der Waals surface area (Å²) in [6.45, 7) is 3.98. The predicted molar refractivity (Wildman–Crippen MR) is 146 cm³/mol. The number of benzene rings is 4. The molecular formula is C30H30N2O4S. The van der Waals surface area contributed by atoms with Gasteiger partial charge in [0.15, 0.2) is 0 Å². The van der Waals surface area contributed by atoms with Crippen molar-refractivity contribution < 1.29 is 17.9 Å². The van der Waals surface area contributed by atoms with E-state index in [-0.39, 0.29) is 11.4 Å². The van der Waals surface area contributed by atoms with E-state index in [2.05, 4.69) is 5.32 Å². The summed E-state index contributed by atoms with van der Waals surface area (Å²) >= 11 is 0. The smallest absolute Gasteiger partial charge is 0.264 e. The zero-order chi connectivity index (χ0) is 26.3. The highest BCUT2D eigenvalue weighted by Crippen LogP contribution is 2.27. The number of nitrogens with zero attached hydrogens (tertiary/aromatic N) is 1. The molecule has 0 spiro atoms. The molecule has 0 aliphatic heterocycles. The molecule has 0 saturated heterocycles. The average molecular weight is 515 g/mol. The molecule has 0 saturated carbocycles. The SMILES string of the molecule is CCOc1ccc(N(CC(=O)NC(c2ccccc2)c2cccc(C)c2)S(=O)(=O)c2ccccc2)cc1. The lowest BCUT2D eigenvalue weighted by Gasteiger charge is -2.26. The zero-order valence-electron chi connectivity index (χ0n) is 20.9. The number of rotatable bonds is 10. The summed E-state index contributed by atoms with van der Waals surface area (Å²) in [7, 11) is -4.01. The van der Waals surface area contributed by atoms with Crippen LogP contribution in [0.3, 0.4) is 0 Å². The van der Waals surface area contributed by atoms with E-state index in [9.17, 15) is 13.2 Å². The Morgan fingerprint density at radius 3 is 2.08 bits per heavy atom. The third kappa shape index (κ3) is 6.37. The maximum Gasteiger partial charge on any atom is 0.264 e. The van der Waals surface area contributed by atoms with Gasteiger partial charge >= 0.3 is 0 Å². The number of hydrogen-bond donors (Lipinski definition) is 1. The van der Waals surface area contributed by atoms with Gasteiger partial charge in [0, 0.05) is 0 Å². The highest BCUT2D eigenvalue weighted by Gasteiger charge is 2.28. The van der Waals surface area contributed by atoms with Gasteiger partial charge in [0.05, 0.1) is 23.2 Å². The fraction of sp³-hybridized carbons (Fsp3) is 0.167. The van der Waals surface area contributed by atoms with Gasteiger partial charge in [0.1, 0.15) is 12.3 Å². The molecule has 0 aliphatic carbocycles.